The zero-order valence-corrected chi connectivity index (χ0v) is 20.8. The lowest BCUT2D eigenvalue weighted by Gasteiger charge is -2.39. The lowest BCUT2D eigenvalue weighted by molar-refractivity contribution is -0.00683. The van der Waals surface area contributed by atoms with Gasteiger partial charge >= 0.3 is 0 Å². The van der Waals surface area contributed by atoms with Gasteiger partial charge in [0.1, 0.15) is 5.75 Å². The number of carbonyl (C=O) groups is 1. The molecule has 3 N–H and O–H groups in total. The summed E-state index contributed by atoms with van der Waals surface area (Å²) in [5, 5.41) is 9.45. The number of hydrogen-bond acceptors (Lipinski definition) is 5. The van der Waals surface area contributed by atoms with Crippen LogP contribution in [0.3, 0.4) is 0 Å². The summed E-state index contributed by atoms with van der Waals surface area (Å²) in [5.41, 5.74) is 0.577. The van der Waals surface area contributed by atoms with Crippen molar-refractivity contribution in [3.63, 3.8) is 0 Å². The monoisotopic (exact) mass is 533 g/mol. The van der Waals surface area contributed by atoms with Crippen molar-refractivity contribution >= 4 is 35.8 Å². The van der Waals surface area contributed by atoms with Crippen LogP contribution in [0.4, 0.5) is 0 Å². The van der Waals surface area contributed by atoms with E-state index in [1.807, 2.05) is 6.92 Å². The Balaban J connectivity index is 0.00000450. The SMILES string of the molecule is CCNC(=NCC(C)(C)N1CCOCC1)NCCNC(=O)c1ccc(OC)cc1.I. The molecule has 30 heavy (non-hydrogen) atoms. The van der Waals surface area contributed by atoms with Crippen molar-refractivity contribution in [3.8, 4) is 5.75 Å². The van der Waals surface area contributed by atoms with Crippen LogP contribution in [0.25, 0.3) is 0 Å². The van der Waals surface area contributed by atoms with Gasteiger partial charge < -0.3 is 25.4 Å². The normalized spacial score (nSPS) is 15.1. The second-order valence-electron chi connectivity index (χ2n) is 7.52. The smallest absolute Gasteiger partial charge is 0.251 e. The minimum absolute atomic E-state index is 0. The Labute approximate surface area is 197 Å². The first-order valence-electron chi connectivity index (χ1n) is 10.2. The van der Waals surface area contributed by atoms with Gasteiger partial charge in [0.25, 0.3) is 5.91 Å². The number of morpholine rings is 1. The predicted molar refractivity (Wildman–Crippen MR) is 131 cm³/mol. The molecule has 2 rings (SSSR count). The van der Waals surface area contributed by atoms with Gasteiger partial charge in [-0.2, -0.15) is 0 Å². The Bertz CT molecular complexity index is 661. The van der Waals surface area contributed by atoms with Crippen LogP contribution in [0.2, 0.25) is 0 Å². The molecule has 9 heteroatoms. The third kappa shape index (κ3) is 8.65. The fraction of sp³-hybridized carbons (Fsp3) is 0.619. The molecule has 0 spiro atoms. The van der Waals surface area contributed by atoms with E-state index < -0.39 is 0 Å². The van der Waals surface area contributed by atoms with Gasteiger partial charge in [-0.1, -0.05) is 0 Å². The number of nitrogens with one attached hydrogen (secondary N) is 3. The second kappa shape index (κ2) is 13.7. The average Bonchev–Trinajstić information content (AvgIpc) is 2.75. The third-order valence-corrected chi connectivity index (χ3v) is 4.89. The number of ether oxygens (including phenoxy) is 2. The number of aliphatic imine (C=N–C) groups is 1. The lowest BCUT2D eigenvalue weighted by atomic mass is 10.0. The summed E-state index contributed by atoms with van der Waals surface area (Å²) < 4.78 is 10.6. The molecule has 0 aliphatic carbocycles. The summed E-state index contributed by atoms with van der Waals surface area (Å²) in [5.74, 6) is 1.38. The van der Waals surface area contributed by atoms with Crippen molar-refractivity contribution < 1.29 is 14.3 Å². The first kappa shape index (κ1) is 26.4. The number of rotatable bonds is 9. The van der Waals surface area contributed by atoms with E-state index in [1.165, 1.54) is 0 Å². The van der Waals surface area contributed by atoms with Crippen molar-refractivity contribution in [2.24, 2.45) is 4.99 Å². The topological polar surface area (TPSA) is 87.2 Å². The molecule has 0 atom stereocenters. The molecule has 1 fully saturated rings. The van der Waals surface area contributed by atoms with E-state index in [2.05, 4.69) is 34.7 Å². The maximum absolute atomic E-state index is 12.2. The first-order valence-corrected chi connectivity index (χ1v) is 10.2. The first-order chi connectivity index (χ1) is 14.0. The molecule has 1 aliphatic rings. The van der Waals surface area contributed by atoms with E-state index in [0.717, 1.165) is 44.6 Å². The maximum Gasteiger partial charge on any atom is 0.251 e. The highest BCUT2D eigenvalue weighted by Crippen LogP contribution is 2.16. The molecular weight excluding hydrogens is 497 g/mol. The summed E-state index contributed by atoms with van der Waals surface area (Å²) in [6.07, 6.45) is 0. The number of carbonyl (C=O) groups excluding carboxylic acids is 1. The zero-order valence-electron chi connectivity index (χ0n) is 18.5. The summed E-state index contributed by atoms with van der Waals surface area (Å²) >= 11 is 0. The highest BCUT2D eigenvalue weighted by molar-refractivity contribution is 14.0. The van der Waals surface area contributed by atoms with Gasteiger partial charge in [0.2, 0.25) is 0 Å². The van der Waals surface area contributed by atoms with Crippen LogP contribution < -0.4 is 20.7 Å². The Hall–Kier alpha value is -1.59. The molecule has 1 aromatic carbocycles. The van der Waals surface area contributed by atoms with Crippen LogP contribution >= 0.6 is 24.0 Å². The molecule has 1 aromatic rings. The van der Waals surface area contributed by atoms with Gasteiger partial charge in [0, 0.05) is 43.8 Å². The Morgan fingerprint density at radius 2 is 1.77 bits per heavy atom. The molecule has 1 aliphatic heterocycles. The number of amides is 1. The molecule has 170 valence electrons. The van der Waals surface area contributed by atoms with Crippen molar-refractivity contribution in [1.29, 1.82) is 0 Å². The van der Waals surface area contributed by atoms with Gasteiger partial charge in [-0.25, -0.2) is 0 Å². The fourth-order valence-electron chi connectivity index (χ4n) is 3.08. The van der Waals surface area contributed by atoms with Crippen molar-refractivity contribution in [2.75, 3.05) is 59.6 Å². The molecule has 0 bridgehead atoms. The second-order valence-corrected chi connectivity index (χ2v) is 7.52. The predicted octanol–water partition coefficient (Wildman–Crippen LogP) is 1.71. The van der Waals surface area contributed by atoms with Crippen LogP contribution in [-0.4, -0.2) is 81.9 Å². The number of halogens is 1. The third-order valence-electron chi connectivity index (χ3n) is 4.89. The minimum Gasteiger partial charge on any atom is -0.497 e. The number of nitrogens with zero attached hydrogens (tertiary/aromatic N) is 2. The Morgan fingerprint density at radius 1 is 1.13 bits per heavy atom. The van der Waals surface area contributed by atoms with Crippen LogP contribution in [0.15, 0.2) is 29.3 Å². The number of hydrogen-bond donors (Lipinski definition) is 3. The van der Waals surface area contributed by atoms with Gasteiger partial charge in [-0.3, -0.25) is 14.7 Å². The molecule has 8 nitrogen and oxygen atoms in total. The molecule has 0 aromatic heterocycles. The van der Waals surface area contributed by atoms with Gasteiger partial charge in [-0.15, -0.1) is 24.0 Å². The standard InChI is InChI=1S/C21H35N5O3.HI/c1-5-22-20(25-16-21(2,3)26-12-14-29-15-13-26)24-11-10-23-19(27)17-6-8-18(28-4)9-7-17;/h6-9H,5,10-16H2,1-4H3,(H,23,27)(H2,22,24,25);1H. The van der Waals surface area contributed by atoms with E-state index >= 15 is 0 Å². The average molecular weight is 533 g/mol. The Kier molecular flexibility index (Phi) is 12.0. The van der Waals surface area contributed by atoms with Crippen LogP contribution in [0, 0.1) is 0 Å². The highest BCUT2D eigenvalue weighted by Gasteiger charge is 2.28. The van der Waals surface area contributed by atoms with Crippen LogP contribution in [-0.2, 0) is 4.74 Å². The number of methoxy groups -OCH3 is 1. The fourth-order valence-corrected chi connectivity index (χ4v) is 3.08. The molecule has 1 amide bonds. The van der Waals surface area contributed by atoms with E-state index in [0.29, 0.717) is 25.2 Å². The molecule has 1 heterocycles. The lowest BCUT2D eigenvalue weighted by Crippen LogP contribution is -2.52. The van der Waals surface area contributed by atoms with Crippen molar-refractivity contribution in [3.05, 3.63) is 29.8 Å². The number of guanidine groups is 1. The van der Waals surface area contributed by atoms with Gasteiger partial charge in [0.15, 0.2) is 5.96 Å². The minimum atomic E-state index is -0.107. The van der Waals surface area contributed by atoms with Crippen LogP contribution in [0.5, 0.6) is 5.75 Å². The van der Waals surface area contributed by atoms with Crippen molar-refractivity contribution in [2.45, 2.75) is 26.3 Å². The molecule has 0 saturated carbocycles. The van der Waals surface area contributed by atoms with E-state index in [4.69, 9.17) is 14.5 Å². The summed E-state index contributed by atoms with van der Waals surface area (Å²) in [6, 6.07) is 7.06. The highest BCUT2D eigenvalue weighted by atomic mass is 127. The van der Waals surface area contributed by atoms with E-state index in [-0.39, 0.29) is 35.4 Å². The summed E-state index contributed by atoms with van der Waals surface area (Å²) in [4.78, 5) is 19.4. The van der Waals surface area contributed by atoms with Gasteiger partial charge in [-0.05, 0) is 45.0 Å². The van der Waals surface area contributed by atoms with E-state index in [9.17, 15) is 4.79 Å². The van der Waals surface area contributed by atoms with E-state index in [1.54, 1.807) is 31.4 Å². The molecule has 0 unspecified atom stereocenters. The summed E-state index contributed by atoms with van der Waals surface area (Å²) in [6.45, 7) is 12.4. The largest absolute Gasteiger partial charge is 0.497 e. The number of benzene rings is 1. The molecule has 0 radical (unpaired) electrons. The summed E-state index contributed by atoms with van der Waals surface area (Å²) in [7, 11) is 1.60. The van der Waals surface area contributed by atoms with Crippen LogP contribution in [0.1, 0.15) is 31.1 Å². The zero-order chi connectivity index (χ0) is 21.1. The molecular formula is C21H36IN5O3. The molecule has 1 saturated heterocycles. The quantitative estimate of drug-likeness (QED) is 0.194. The maximum atomic E-state index is 12.2. The van der Waals surface area contributed by atoms with Crippen molar-refractivity contribution in [1.82, 2.24) is 20.9 Å². The Morgan fingerprint density at radius 3 is 2.37 bits per heavy atom. The van der Waals surface area contributed by atoms with Gasteiger partial charge in [0.05, 0.1) is 26.9 Å².